The standard InChI is InChI=1S/C11H10ClN3O/c12-10-3-1-9(2-4-10)5-6-15-11(7-16)13-8-14-15/h1-4,7-8H,5-6H2. The average molecular weight is 236 g/mol. The van der Waals surface area contributed by atoms with E-state index in [1.165, 1.54) is 6.33 Å². The van der Waals surface area contributed by atoms with Crippen molar-refractivity contribution in [3.63, 3.8) is 0 Å². The van der Waals surface area contributed by atoms with Crippen molar-refractivity contribution in [1.82, 2.24) is 14.8 Å². The summed E-state index contributed by atoms with van der Waals surface area (Å²) in [7, 11) is 0. The van der Waals surface area contributed by atoms with E-state index in [-0.39, 0.29) is 0 Å². The largest absolute Gasteiger partial charge is 0.294 e. The molecule has 4 nitrogen and oxygen atoms in total. The Bertz CT molecular complexity index is 478. The van der Waals surface area contributed by atoms with Gasteiger partial charge in [-0.3, -0.25) is 4.79 Å². The van der Waals surface area contributed by atoms with Gasteiger partial charge in [0.15, 0.2) is 12.1 Å². The van der Waals surface area contributed by atoms with E-state index in [0.717, 1.165) is 17.0 Å². The number of hydrogen-bond acceptors (Lipinski definition) is 3. The van der Waals surface area contributed by atoms with Crippen LogP contribution in [0, 0.1) is 0 Å². The number of halogens is 1. The highest BCUT2D eigenvalue weighted by Crippen LogP contribution is 2.10. The summed E-state index contributed by atoms with van der Waals surface area (Å²) in [5.74, 6) is 0.356. The van der Waals surface area contributed by atoms with Crippen molar-refractivity contribution in [2.45, 2.75) is 13.0 Å². The molecule has 1 heterocycles. The third-order valence-corrected chi connectivity index (χ3v) is 2.53. The number of rotatable bonds is 4. The number of aldehydes is 1. The number of benzene rings is 1. The van der Waals surface area contributed by atoms with E-state index in [1.807, 2.05) is 24.3 Å². The van der Waals surface area contributed by atoms with Gasteiger partial charge in [-0.2, -0.15) is 5.10 Å². The molecule has 0 N–H and O–H groups in total. The number of hydrogen-bond donors (Lipinski definition) is 0. The van der Waals surface area contributed by atoms with E-state index < -0.39 is 0 Å². The van der Waals surface area contributed by atoms with Crippen LogP contribution in [-0.2, 0) is 13.0 Å². The summed E-state index contributed by atoms with van der Waals surface area (Å²) >= 11 is 5.79. The van der Waals surface area contributed by atoms with Gasteiger partial charge in [-0.05, 0) is 24.1 Å². The van der Waals surface area contributed by atoms with Crippen LogP contribution < -0.4 is 0 Å². The molecule has 16 heavy (non-hydrogen) atoms. The summed E-state index contributed by atoms with van der Waals surface area (Å²) in [6.07, 6.45) is 2.88. The van der Waals surface area contributed by atoms with Gasteiger partial charge in [0.25, 0.3) is 0 Å². The van der Waals surface area contributed by atoms with E-state index in [2.05, 4.69) is 10.1 Å². The predicted octanol–water partition coefficient (Wildman–Crippen LogP) is 1.99. The van der Waals surface area contributed by atoms with Gasteiger partial charge in [0, 0.05) is 11.6 Å². The zero-order chi connectivity index (χ0) is 11.4. The second-order valence-electron chi connectivity index (χ2n) is 3.34. The van der Waals surface area contributed by atoms with Gasteiger partial charge in [-0.25, -0.2) is 9.67 Å². The molecule has 0 aliphatic carbocycles. The fraction of sp³-hybridized carbons (Fsp3) is 0.182. The molecule has 1 aromatic carbocycles. The van der Waals surface area contributed by atoms with E-state index in [0.29, 0.717) is 18.7 Å². The lowest BCUT2D eigenvalue weighted by atomic mass is 10.1. The van der Waals surface area contributed by atoms with E-state index in [4.69, 9.17) is 11.6 Å². The monoisotopic (exact) mass is 235 g/mol. The Kier molecular flexibility index (Phi) is 3.31. The molecule has 5 heteroatoms. The molecule has 0 aliphatic rings. The molecule has 0 spiro atoms. The normalized spacial score (nSPS) is 10.3. The molecular weight excluding hydrogens is 226 g/mol. The van der Waals surface area contributed by atoms with E-state index in [1.54, 1.807) is 4.68 Å². The molecule has 0 atom stereocenters. The number of carbonyl (C=O) groups excluding carboxylic acids is 1. The van der Waals surface area contributed by atoms with Crippen LogP contribution in [0.3, 0.4) is 0 Å². The molecule has 0 radical (unpaired) electrons. The van der Waals surface area contributed by atoms with Crippen LogP contribution >= 0.6 is 11.6 Å². The minimum Gasteiger partial charge on any atom is -0.294 e. The Hall–Kier alpha value is -1.68. The van der Waals surface area contributed by atoms with Gasteiger partial charge in [0.1, 0.15) is 6.33 Å². The molecule has 0 aliphatic heterocycles. The molecule has 0 fully saturated rings. The lowest BCUT2D eigenvalue weighted by Gasteiger charge is -2.02. The molecule has 82 valence electrons. The molecule has 2 aromatic rings. The van der Waals surface area contributed by atoms with E-state index in [9.17, 15) is 4.79 Å². The van der Waals surface area contributed by atoms with Crippen molar-refractivity contribution in [2.75, 3.05) is 0 Å². The zero-order valence-corrected chi connectivity index (χ0v) is 9.26. The first kappa shape index (κ1) is 10.8. The smallest absolute Gasteiger partial charge is 0.191 e. The molecule has 0 saturated carbocycles. The minimum atomic E-state index is 0.356. The summed E-state index contributed by atoms with van der Waals surface area (Å²) in [6.45, 7) is 0.635. The Balaban J connectivity index is 2.02. The first-order valence-corrected chi connectivity index (χ1v) is 5.25. The van der Waals surface area contributed by atoms with Crippen LogP contribution in [-0.4, -0.2) is 21.1 Å². The fourth-order valence-electron chi connectivity index (χ4n) is 1.42. The number of aromatic nitrogens is 3. The van der Waals surface area contributed by atoms with Crippen molar-refractivity contribution in [3.05, 3.63) is 47.0 Å². The summed E-state index contributed by atoms with van der Waals surface area (Å²) in [5, 5.41) is 4.69. The summed E-state index contributed by atoms with van der Waals surface area (Å²) < 4.78 is 1.58. The molecular formula is C11H10ClN3O. The van der Waals surface area contributed by atoms with Crippen molar-refractivity contribution >= 4 is 17.9 Å². The van der Waals surface area contributed by atoms with Crippen LogP contribution in [0.15, 0.2) is 30.6 Å². The Labute approximate surface area is 97.9 Å². The quantitative estimate of drug-likeness (QED) is 0.762. The van der Waals surface area contributed by atoms with Crippen molar-refractivity contribution in [3.8, 4) is 0 Å². The van der Waals surface area contributed by atoms with Crippen LogP contribution in [0.5, 0.6) is 0 Å². The first-order chi connectivity index (χ1) is 7.79. The van der Waals surface area contributed by atoms with Crippen LogP contribution in [0.1, 0.15) is 16.2 Å². The third kappa shape index (κ3) is 2.46. The molecule has 1 aromatic heterocycles. The van der Waals surface area contributed by atoms with Crippen molar-refractivity contribution < 1.29 is 4.79 Å². The van der Waals surface area contributed by atoms with Crippen LogP contribution in [0.25, 0.3) is 0 Å². The molecule has 0 saturated heterocycles. The molecule has 0 amide bonds. The topological polar surface area (TPSA) is 47.8 Å². The minimum absolute atomic E-state index is 0.356. The maximum absolute atomic E-state index is 10.6. The van der Waals surface area contributed by atoms with Gasteiger partial charge >= 0.3 is 0 Å². The molecule has 0 unspecified atom stereocenters. The van der Waals surface area contributed by atoms with Crippen LogP contribution in [0.2, 0.25) is 5.02 Å². The Morgan fingerprint density at radius 2 is 2.06 bits per heavy atom. The number of carbonyl (C=O) groups is 1. The van der Waals surface area contributed by atoms with Gasteiger partial charge in [0.05, 0.1) is 0 Å². The second kappa shape index (κ2) is 4.90. The van der Waals surface area contributed by atoms with Crippen molar-refractivity contribution in [1.29, 1.82) is 0 Å². The molecule has 2 rings (SSSR count). The third-order valence-electron chi connectivity index (χ3n) is 2.28. The van der Waals surface area contributed by atoms with E-state index >= 15 is 0 Å². The highest BCUT2D eigenvalue weighted by molar-refractivity contribution is 6.30. The van der Waals surface area contributed by atoms with Gasteiger partial charge < -0.3 is 0 Å². The van der Waals surface area contributed by atoms with Crippen LogP contribution in [0.4, 0.5) is 0 Å². The lowest BCUT2D eigenvalue weighted by molar-refractivity contribution is 0.111. The maximum Gasteiger partial charge on any atom is 0.191 e. The van der Waals surface area contributed by atoms with Gasteiger partial charge in [-0.1, -0.05) is 23.7 Å². The SMILES string of the molecule is O=Cc1ncnn1CCc1ccc(Cl)cc1. The van der Waals surface area contributed by atoms with Gasteiger partial charge in [0.2, 0.25) is 0 Å². The Morgan fingerprint density at radius 1 is 1.31 bits per heavy atom. The lowest BCUT2D eigenvalue weighted by Crippen LogP contribution is -2.07. The summed E-state index contributed by atoms with van der Waals surface area (Å²) in [5.41, 5.74) is 1.15. The predicted molar refractivity (Wildman–Crippen MR) is 60.6 cm³/mol. The highest BCUT2D eigenvalue weighted by Gasteiger charge is 2.02. The molecule has 0 bridgehead atoms. The zero-order valence-electron chi connectivity index (χ0n) is 8.51. The second-order valence-corrected chi connectivity index (χ2v) is 3.77. The maximum atomic E-state index is 10.6. The Morgan fingerprint density at radius 3 is 2.75 bits per heavy atom. The summed E-state index contributed by atoms with van der Waals surface area (Å²) in [4.78, 5) is 14.4. The van der Waals surface area contributed by atoms with Crippen molar-refractivity contribution in [2.24, 2.45) is 0 Å². The first-order valence-electron chi connectivity index (χ1n) is 4.87. The summed E-state index contributed by atoms with van der Waals surface area (Å²) in [6, 6.07) is 7.61. The average Bonchev–Trinajstić information content (AvgIpc) is 2.76. The van der Waals surface area contributed by atoms with Gasteiger partial charge in [-0.15, -0.1) is 0 Å². The highest BCUT2D eigenvalue weighted by atomic mass is 35.5. The number of aryl methyl sites for hydroxylation is 2. The number of nitrogens with zero attached hydrogens (tertiary/aromatic N) is 3. The fourth-order valence-corrected chi connectivity index (χ4v) is 1.55.